The Morgan fingerprint density at radius 3 is 2.44 bits per heavy atom. The van der Waals surface area contributed by atoms with Crippen LogP contribution in [0.2, 0.25) is 0 Å². The van der Waals surface area contributed by atoms with Gasteiger partial charge in [0.15, 0.2) is 0 Å². The highest BCUT2D eigenvalue weighted by Gasteiger charge is 2.19. The zero-order chi connectivity index (χ0) is 11.6. The van der Waals surface area contributed by atoms with Gasteiger partial charge in [0.25, 0.3) is 0 Å². The van der Waals surface area contributed by atoms with Crippen molar-refractivity contribution in [2.45, 2.75) is 31.1 Å². The van der Waals surface area contributed by atoms with E-state index < -0.39 is 10.1 Å². The van der Waals surface area contributed by atoms with Crippen molar-refractivity contribution in [2.24, 2.45) is 0 Å². The number of aryl methyl sites for hydroxylation is 1. The summed E-state index contributed by atoms with van der Waals surface area (Å²) in [6.07, 6.45) is 4.42. The zero-order valence-corrected chi connectivity index (χ0v) is 9.96. The first kappa shape index (κ1) is 11.2. The third-order valence-electron chi connectivity index (χ3n) is 2.53. The molecule has 0 aliphatic heterocycles. The van der Waals surface area contributed by atoms with Crippen LogP contribution in [0.1, 0.15) is 24.8 Å². The minimum absolute atomic E-state index is 0.214. The van der Waals surface area contributed by atoms with E-state index in [1.54, 1.807) is 24.3 Å². The van der Waals surface area contributed by atoms with E-state index in [2.05, 4.69) is 0 Å². The Hall–Kier alpha value is -1.29. The largest absolute Gasteiger partial charge is 0.384 e. The lowest BCUT2D eigenvalue weighted by molar-refractivity contribution is 0.396. The van der Waals surface area contributed by atoms with Gasteiger partial charge in [-0.25, -0.2) is 0 Å². The smallest absolute Gasteiger partial charge is 0.338 e. The molecule has 3 nitrogen and oxygen atoms in total. The molecule has 0 atom stereocenters. The molecule has 2 rings (SSSR count). The van der Waals surface area contributed by atoms with Crippen molar-refractivity contribution < 1.29 is 12.6 Å². The molecule has 1 aromatic carbocycles. The van der Waals surface area contributed by atoms with Crippen LogP contribution in [0.25, 0.3) is 0 Å². The summed E-state index contributed by atoms with van der Waals surface area (Å²) in [7, 11) is -3.63. The van der Waals surface area contributed by atoms with E-state index in [9.17, 15) is 8.42 Å². The summed E-state index contributed by atoms with van der Waals surface area (Å²) in [6, 6.07) is 6.67. The van der Waals surface area contributed by atoms with E-state index in [1.807, 2.05) is 13.0 Å². The molecule has 0 fully saturated rings. The van der Waals surface area contributed by atoms with Crippen molar-refractivity contribution in [1.29, 1.82) is 0 Å². The summed E-state index contributed by atoms with van der Waals surface area (Å²) in [5, 5.41) is 0. The number of hydrogen-bond acceptors (Lipinski definition) is 3. The summed E-state index contributed by atoms with van der Waals surface area (Å²) in [6.45, 7) is 1.91. The molecule has 0 N–H and O–H groups in total. The summed E-state index contributed by atoms with van der Waals surface area (Å²) < 4.78 is 28.7. The third kappa shape index (κ3) is 2.44. The van der Waals surface area contributed by atoms with Crippen LogP contribution < -0.4 is 0 Å². The maximum atomic E-state index is 11.8. The fraction of sp³-hybridized carbons (Fsp3) is 0.333. The second-order valence-electron chi connectivity index (χ2n) is 3.91. The van der Waals surface area contributed by atoms with Crippen molar-refractivity contribution in [2.75, 3.05) is 0 Å². The highest BCUT2D eigenvalue weighted by molar-refractivity contribution is 7.86. The van der Waals surface area contributed by atoms with Gasteiger partial charge < -0.3 is 4.18 Å². The molecule has 0 spiro atoms. The molecule has 16 heavy (non-hydrogen) atoms. The van der Waals surface area contributed by atoms with Crippen LogP contribution in [-0.4, -0.2) is 8.42 Å². The third-order valence-corrected chi connectivity index (χ3v) is 3.81. The molecule has 0 radical (unpaired) electrons. The summed E-state index contributed by atoms with van der Waals surface area (Å²) in [5.74, 6) is 0.570. The predicted octanol–water partition coefficient (Wildman–Crippen LogP) is 2.77. The molecule has 0 bridgehead atoms. The topological polar surface area (TPSA) is 43.4 Å². The van der Waals surface area contributed by atoms with Gasteiger partial charge in [-0.2, -0.15) is 8.42 Å². The Balaban J connectivity index is 2.21. The first-order valence-corrected chi connectivity index (χ1v) is 6.69. The molecule has 1 aliphatic carbocycles. The molecule has 0 unspecified atom stereocenters. The fourth-order valence-electron chi connectivity index (χ4n) is 1.61. The van der Waals surface area contributed by atoms with E-state index >= 15 is 0 Å². The van der Waals surface area contributed by atoms with Gasteiger partial charge in [-0.1, -0.05) is 17.7 Å². The van der Waals surface area contributed by atoms with Crippen LogP contribution in [0.4, 0.5) is 0 Å². The van der Waals surface area contributed by atoms with Crippen LogP contribution in [0.3, 0.4) is 0 Å². The Labute approximate surface area is 95.9 Å². The molecular weight excluding hydrogens is 224 g/mol. The SMILES string of the molecule is Cc1ccc(S(=O)(=O)OC2=CCCC2)cc1. The van der Waals surface area contributed by atoms with Gasteiger partial charge in [-0.15, -0.1) is 0 Å². The van der Waals surface area contributed by atoms with Gasteiger partial charge in [0.2, 0.25) is 0 Å². The first-order chi connectivity index (χ1) is 7.58. The Morgan fingerprint density at radius 2 is 1.88 bits per heavy atom. The van der Waals surface area contributed by atoms with Crippen molar-refractivity contribution in [1.82, 2.24) is 0 Å². The molecule has 0 saturated heterocycles. The molecule has 4 heteroatoms. The van der Waals surface area contributed by atoms with Crippen LogP contribution in [0, 0.1) is 6.92 Å². The average Bonchev–Trinajstić information content (AvgIpc) is 2.70. The van der Waals surface area contributed by atoms with Gasteiger partial charge in [0.1, 0.15) is 10.7 Å². The Morgan fingerprint density at radius 1 is 1.19 bits per heavy atom. The summed E-state index contributed by atoms with van der Waals surface area (Å²) in [5.41, 5.74) is 1.03. The van der Waals surface area contributed by atoms with Gasteiger partial charge in [-0.05, 0) is 38.0 Å². The molecular formula is C12H14O3S. The van der Waals surface area contributed by atoms with Crippen LogP contribution in [0.5, 0.6) is 0 Å². The molecule has 1 aromatic rings. The highest BCUT2D eigenvalue weighted by Crippen LogP contribution is 2.24. The first-order valence-electron chi connectivity index (χ1n) is 5.28. The van der Waals surface area contributed by atoms with Gasteiger partial charge in [0, 0.05) is 6.42 Å². The van der Waals surface area contributed by atoms with E-state index in [1.165, 1.54) is 0 Å². The predicted molar refractivity (Wildman–Crippen MR) is 61.4 cm³/mol. The Kier molecular flexibility index (Phi) is 3.01. The summed E-state index contributed by atoms with van der Waals surface area (Å²) in [4.78, 5) is 0.214. The Bertz CT molecular complexity index is 498. The lowest BCUT2D eigenvalue weighted by atomic mass is 10.2. The van der Waals surface area contributed by atoms with E-state index in [0.717, 1.165) is 18.4 Å². The van der Waals surface area contributed by atoms with Crippen molar-refractivity contribution in [3.8, 4) is 0 Å². The highest BCUT2D eigenvalue weighted by atomic mass is 32.2. The van der Waals surface area contributed by atoms with Crippen molar-refractivity contribution in [3.05, 3.63) is 41.7 Å². The second-order valence-corrected chi connectivity index (χ2v) is 5.46. The van der Waals surface area contributed by atoms with Crippen LogP contribution >= 0.6 is 0 Å². The van der Waals surface area contributed by atoms with Gasteiger partial charge in [-0.3, -0.25) is 0 Å². The van der Waals surface area contributed by atoms with Gasteiger partial charge in [0.05, 0.1) is 0 Å². The zero-order valence-electron chi connectivity index (χ0n) is 9.14. The standard InChI is InChI=1S/C12H14O3S/c1-10-6-8-12(9-7-10)16(13,14)15-11-4-2-3-5-11/h4,6-9H,2-3,5H2,1H3. The van der Waals surface area contributed by atoms with E-state index in [4.69, 9.17) is 4.18 Å². The van der Waals surface area contributed by atoms with E-state index in [0.29, 0.717) is 12.2 Å². The monoisotopic (exact) mass is 238 g/mol. The molecule has 0 saturated carbocycles. The lowest BCUT2D eigenvalue weighted by Crippen LogP contribution is -2.05. The minimum atomic E-state index is -3.63. The number of benzene rings is 1. The molecule has 1 aliphatic rings. The van der Waals surface area contributed by atoms with Crippen molar-refractivity contribution in [3.63, 3.8) is 0 Å². The lowest BCUT2D eigenvalue weighted by Gasteiger charge is -2.07. The second kappa shape index (κ2) is 4.29. The van der Waals surface area contributed by atoms with Crippen LogP contribution in [0.15, 0.2) is 41.0 Å². The minimum Gasteiger partial charge on any atom is -0.384 e. The molecule has 0 aromatic heterocycles. The maximum Gasteiger partial charge on any atom is 0.338 e. The fourth-order valence-corrected chi connectivity index (χ4v) is 2.61. The van der Waals surface area contributed by atoms with Gasteiger partial charge >= 0.3 is 10.1 Å². The van der Waals surface area contributed by atoms with Crippen molar-refractivity contribution >= 4 is 10.1 Å². The maximum absolute atomic E-state index is 11.8. The number of hydrogen-bond donors (Lipinski definition) is 0. The average molecular weight is 238 g/mol. The van der Waals surface area contributed by atoms with E-state index in [-0.39, 0.29) is 4.90 Å². The normalized spacial score (nSPS) is 15.9. The molecule has 0 heterocycles. The summed E-state index contributed by atoms with van der Waals surface area (Å²) >= 11 is 0. The number of rotatable bonds is 3. The molecule has 86 valence electrons. The molecule has 0 amide bonds. The number of allylic oxidation sites excluding steroid dienone is 2. The quantitative estimate of drug-likeness (QED) is 0.760. The van der Waals surface area contributed by atoms with Crippen LogP contribution in [-0.2, 0) is 14.3 Å².